The first-order chi connectivity index (χ1) is 10.7. The molecule has 2 amide bonds. The Balaban J connectivity index is 2.16. The molecule has 0 saturated heterocycles. The lowest BCUT2D eigenvalue weighted by Gasteiger charge is -2.38. The number of amides is 2. The maximum absolute atomic E-state index is 13.5. The lowest BCUT2D eigenvalue weighted by atomic mass is 9.89. The molecule has 23 heavy (non-hydrogen) atoms. The van der Waals surface area contributed by atoms with E-state index in [1.165, 1.54) is 24.1 Å². The first-order valence-electron chi connectivity index (χ1n) is 7.37. The number of ether oxygens (including phenoxy) is 1. The van der Waals surface area contributed by atoms with Gasteiger partial charge in [0.05, 0.1) is 12.6 Å². The molecule has 1 aliphatic rings. The first kappa shape index (κ1) is 17.0. The SMILES string of the molecule is C=CC(=O)N(C)CC(=O)N[C@H]1CC(C)(C)Oc2ccc(F)cc21. The predicted octanol–water partition coefficient (Wildman–Crippen LogP) is 2.19. The van der Waals surface area contributed by atoms with E-state index >= 15 is 0 Å². The van der Waals surface area contributed by atoms with Gasteiger partial charge in [-0.15, -0.1) is 0 Å². The number of carbonyl (C=O) groups excluding carboxylic acids is 2. The van der Waals surface area contributed by atoms with Crippen LogP contribution in [0.2, 0.25) is 0 Å². The Morgan fingerprint density at radius 3 is 2.87 bits per heavy atom. The first-order valence-corrected chi connectivity index (χ1v) is 7.37. The van der Waals surface area contributed by atoms with Crippen LogP contribution in [0.5, 0.6) is 5.75 Å². The molecule has 0 aliphatic carbocycles. The molecule has 0 spiro atoms. The van der Waals surface area contributed by atoms with Crippen LogP contribution in [-0.4, -0.2) is 35.9 Å². The van der Waals surface area contributed by atoms with E-state index in [9.17, 15) is 14.0 Å². The van der Waals surface area contributed by atoms with Crippen molar-refractivity contribution in [3.63, 3.8) is 0 Å². The van der Waals surface area contributed by atoms with Crippen molar-refractivity contribution in [2.45, 2.75) is 31.9 Å². The molecule has 0 unspecified atom stereocenters. The third-order valence-corrected chi connectivity index (χ3v) is 3.70. The largest absolute Gasteiger partial charge is 0.487 e. The molecule has 1 aromatic rings. The Bertz CT molecular complexity index is 643. The zero-order valence-corrected chi connectivity index (χ0v) is 13.6. The number of fused-ring (bicyclic) bond motifs is 1. The maximum Gasteiger partial charge on any atom is 0.246 e. The monoisotopic (exact) mass is 320 g/mol. The lowest BCUT2D eigenvalue weighted by Crippen LogP contribution is -2.44. The van der Waals surface area contributed by atoms with Crippen molar-refractivity contribution >= 4 is 11.8 Å². The second-order valence-electron chi connectivity index (χ2n) is 6.27. The van der Waals surface area contributed by atoms with Gasteiger partial charge in [0.2, 0.25) is 11.8 Å². The van der Waals surface area contributed by atoms with E-state index in [1.54, 1.807) is 6.07 Å². The Hall–Kier alpha value is -2.37. The summed E-state index contributed by atoms with van der Waals surface area (Å²) in [4.78, 5) is 24.9. The molecular formula is C17H21FN2O3. The average Bonchev–Trinajstić information content (AvgIpc) is 2.46. The molecule has 2 rings (SSSR count). The Morgan fingerprint density at radius 2 is 2.22 bits per heavy atom. The molecule has 1 heterocycles. The molecule has 0 bridgehead atoms. The van der Waals surface area contributed by atoms with Crippen LogP contribution in [0.4, 0.5) is 4.39 Å². The third-order valence-electron chi connectivity index (χ3n) is 3.70. The molecule has 1 atom stereocenters. The van der Waals surface area contributed by atoms with Crippen molar-refractivity contribution in [1.29, 1.82) is 0 Å². The number of nitrogens with one attached hydrogen (secondary N) is 1. The van der Waals surface area contributed by atoms with Crippen LogP contribution in [0.1, 0.15) is 31.9 Å². The number of hydrogen-bond donors (Lipinski definition) is 1. The Kier molecular flexibility index (Phi) is 4.73. The summed E-state index contributed by atoms with van der Waals surface area (Å²) in [5, 5.41) is 2.85. The average molecular weight is 320 g/mol. The van der Waals surface area contributed by atoms with E-state index < -0.39 is 5.60 Å². The zero-order valence-electron chi connectivity index (χ0n) is 13.6. The molecule has 1 aliphatic heterocycles. The van der Waals surface area contributed by atoms with Crippen LogP contribution < -0.4 is 10.1 Å². The van der Waals surface area contributed by atoms with Gasteiger partial charge in [-0.3, -0.25) is 9.59 Å². The van der Waals surface area contributed by atoms with Crippen LogP contribution in [0, 0.1) is 5.82 Å². The Morgan fingerprint density at radius 1 is 1.52 bits per heavy atom. The van der Waals surface area contributed by atoms with Crippen LogP contribution in [0.3, 0.4) is 0 Å². The van der Waals surface area contributed by atoms with E-state index in [-0.39, 0.29) is 30.2 Å². The summed E-state index contributed by atoms with van der Waals surface area (Å²) in [6, 6.07) is 3.89. The number of benzene rings is 1. The predicted molar refractivity (Wildman–Crippen MR) is 84.4 cm³/mol. The number of likely N-dealkylation sites (N-methyl/N-ethyl adjacent to an activating group) is 1. The summed E-state index contributed by atoms with van der Waals surface area (Å²) in [7, 11) is 1.52. The minimum atomic E-state index is -0.481. The van der Waals surface area contributed by atoms with Crippen molar-refractivity contribution < 1.29 is 18.7 Å². The minimum Gasteiger partial charge on any atom is -0.487 e. The molecule has 0 fully saturated rings. The van der Waals surface area contributed by atoms with Crippen LogP contribution in [-0.2, 0) is 9.59 Å². The quantitative estimate of drug-likeness (QED) is 0.865. The number of rotatable bonds is 4. The fourth-order valence-corrected chi connectivity index (χ4v) is 2.64. The summed E-state index contributed by atoms with van der Waals surface area (Å²) >= 11 is 0. The number of hydrogen-bond acceptors (Lipinski definition) is 3. The highest BCUT2D eigenvalue weighted by molar-refractivity contribution is 5.90. The summed E-state index contributed by atoms with van der Waals surface area (Å²) in [6.45, 7) is 7.11. The zero-order chi connectivity index (χ0) is 17.2. The lowest BCUT2D eigenvalue weighted by molar-refractivity contribution is -0.131. The van der Waals surface area contributed by atoms with E-state index in [4.69, 9.17) is 4.74 Å². The highest BCUT2D eigenvalue weighted by Gasteiger charge is 2.34. The number of carbonyl (C=O) groups is 2. The topological polar surface area (TPSA) is 58.6 Å². The van der Waals surface area contributed by atoms with Crippen molar-refractivity contribution in [3.8, 4) is 5.75 Å². The molecule has 1 N–H and O–H groups in total. The number of nitrogens with zero attached hydrogens (tertiary/aromatic N) is 1. The van der Waals surface area contributed by atoms with Crippen molar-refractivity contribution in [2.24, 2.45) is 0 Å². The highest BCUT2D eigenvalue weighted by Crippen LogP contribution is 2.39. The molecule has 6 heteroatoms. The smallest absolute Gasteiger partial charge is 0.246 e. The van der Waals surface area contributed by atoms with Gasteiger partial charge in [0, 0.05) is 19.0 Å². The summed E-state index contributed by atoms with van der Waals surface area (Å²) in [5.74, 6) is -0.478. The normalized spacial score (nSPS) is 18.3. The van der Waals surface area contributed by atoms with Gasteiger partial charge in [-0.25, -0.2) is 4.39 Å². The summed E-state index contributed by atoms with van der Waals surface area (Å²) < 4.78 is 19.4. The fraction of sp³-hybridized carbons (Fsp3) is 0.412. The third kappa shape index (κ3) is 4.09. The molecule has 124 valence electrons. The van der Waals surface area contributed by atoms with Gasteiger partial charge >= 0.3 is 0 Å². The molecule has 0 aromatic heterocycles. The van der Waals surface area contributed by atoms with Gasteiger partial charge in [0.25, 0.3) is 0 Å². The van der Waals surface area contributed by atoms with E-state index in [0.717, 1.165) is 6.08 Å². The molecule has 0 saturated carbocycles. The van der Waals surface area contributed by atoms with Gasteiger partial charge in [-0.1, -0.05) is 6.58 Å². The minimum absolute atomic E-state index is 0.0900. The van der Waals surface area contributed by atoms with E-state index in [1.807, 2.05) is 13.8 Å². The molecule has 0 radical (unpaired) electrons. The van der Waals surface area contributed by atoms with E-state index in [2.05, 4.69) is 11.9 Å². The summed E-state index contributed by atoms with van der Waals surface area (Å²) in [6.07, 6.45) is 1.66. The maximum atomic E-state index is 13.5. The van der Waals surface area contributed by atoms with Crippen molar-refractivity contribution in [2.75, 3.05) is 13.6 Å². The van der Waals surface area contributed by atoms with Crippen molar-refractivity contribution in [3.05, 3.63) is 42.2 Å². The van der Waals surface area contributed by atoms with E-state index in [0.29, 0.717) is 17.7 Å². The second-order valence-corrected chi connectivity index (χ2v) is 6.27. The fourth-order valence-electron chi connectivity index (χ4n) is 2.64. The van der Waals surface area contributed by atoms with Gasteiger partial charge in [0.1, 0.15) is 17.2 Å². The Labute approximate surface area is 135 Å². The van der Waals surface area contributed by atoms with Crippen molar-refractivity contribution in [1.82, 2.24) is 10.2 Å². The van der Waals surface area contributed by atoms with Gasteiger partial charge in [-0.05, 0) is 38.1 Å². The molecular weight excluding hydrogens is 299 g/mol. The van der Waals surface area contributed by atoms with Gasteiger partial charge < -0.3 is 15.0 Å². The van der Waals surface area contributed by atoms with Gasteiger partial charge in [-0.2, -0.15) is 0 Å². The number of halogens is 1. The standard InChI is InChI=1S/C17H21FN2O3/c1-5-16(22)20(4)10-15(21)19-13-9-17(2,3)23-14-7-6-11(18)8-12(13)14/h5-8,13H,1,9-10H2,2-4H3,(H,19,21)/t13-/m0/s1. The van der Waals surface area contributed by atoms with Gasteiger partial charge in [0.15, 0.2) is 0 Å². The highest BCUT2D eigenvalue weighted by atomic mass is 19.1. The second kappa shape index (κ2) is 6.40. The molecule has 5 nitrogen and oxygen atoms in total. The van der Waals surface area contributed by atoms with Crippen LogP contribution in [0.25, 0.3) is 0 Å². The summed E-state index contributed by atoms with van der Waals surface area (Å²) in [5.41, 5.74) is 0.126. The van der Waals surface area contributed by atoms with Crippen LogP contribution in [0.15, 0.2) is 30.9 Å². The molecule has 1 aromatic carbocycles. The van der Waals surface area contributed by atoms with Crippen LogP contribution >= 0.6 is 0 Å².